The molecule has 21 heavy (non-hydrogen) atoms. The highest BCUT2D eigenvalue weighted by molar-refractivity contribution is 5.89. The summed E-state index contributed by atoms with van der Waals surface area (Å²) in [7, 11) is 1.42. The van der Waals surface area contributed by atoms with Crippen molar-refractivity contribution in [2.24, 2.45) is 5.92 Å². The summed E-state index contributed by atoms with van der Waals surface area (Å²) in [5, 5.41) is 0. The van der Waals surface area contributed by atoms with E-state index in [1.54, 1.807) is 6.07 Å². The SMILES string of the molecule is COC(=O)c1cccc(CN2CCN(CC(C)C)CC2)c1. The van der Waals surface area contributed by atoms with E-state index in [0.717, 1.165) is 38.6 Å². The van der Waals surface area contributed by atoms with Crippen LogP contribution in [-0.2, 0) is 11.3 Å². The molecule has 1 aromatic carbocycles. The summed E-state index contributed by atoms with van der Waals surface area (Å²) in [4.78, 5) is 16.5. The molecule has 1 fully saturated rings. The van der Waals surface area contributed by atoms with E-state index >= 15 is 0 Å². The Morgan fingerprint density at radius 1 is 1.19 bits per heavy atom. The average Bonchev–Trinajstić information content (AvgIpc) is 2.48. The highest BCUT2D eigenvalue weighted by Gasteiger charge is 2.17. The molecule has 0 atom stereocenters. The molecule has 1 heterocycles. The number of methoxy groups -OCH3 is 1. The highest BCUT2D eigenvalue weighted by Crippen LogP contribution is 2.12. The van der Waals surface area contributed by atoms with Crippen LogP contribution in [0, 0.1) is 5.92 Å². The van der Waals surface area contributed by atoms with Crippen molar-refractivity contribution < 1.29 is 9.53 Å². The van der Waals surface area contributed by atoms with E-state index in [-0.39, 0.29) is 5.97 Å². The summed E-state index contributed by atoms with van der Waals surface area (Å²) in [6.45, 7) is 11.1. The number of hydrogen-bond acceptors (Lipinski definition) is 4. The monoisotopic (exact) mass is 290 g/mol. The van der Waals surface area contributed by atoms with Crippen LogP contribution in [0.2, 0.25) is 0 Å². The summed E-state index contributed by atoms with van der Waals surface area (Å²) in [5.74, 6) is 0.465. The maximum atomic E-state index is 11.6. The lowest BCUT2D eigenvalue weighted by Crippen LogP contribution is -2.46. The Bertz CT molecular complexity index is 466. The van der Waals surface area contributed by atoms with Crippen LogP contribution in [-0.4, -0.2) is 55.6 Å². The molecule has 1 aliphatic rings. The molecular weight excluding hydrogens is 264 g/mol. The molecule has 4 nitrogen and oxygen atoms in total. The molecule has 0 bridgehead atoms. The predicted molar refractivity (Wildman–Crippen MR) is 84.3 cm³/mol. The number of carbonyl (C=O) groups excluding carboxylic acids is 1. The smallest absolute Gasteiger partial charge is 0.337 e. The maximum absolute atomic E-state index is 11.6. The Labute approximate surface area is 127 Å². The summed E-state index contributed by atoms with van der Waals surface area (Å²) < 4.78 is 4.77. The minimum atomic E-state index is -0.265. The van der Waals surface area contributed by atoms with Crippen LogP contribution in [0.1, 0.15) is 29.8 Å². The largest absolute Gasteiger partial charge is 0.465 e. The van der Waals surface area contributed by atoms with Gasteiger partial charge in [-0.3, -0.25) is 4.90 Å². The number of nitrogens with zero attached hydrogens (tertiary/aromatic N) is 2. The van der Waals surface area contributed by atoms with E-state index in [1.807, 2.05) is 12.1 Å². The first-order valence-corrected chi connectivity index (χ1v) is 7.70. The van der Waals surface area contributed by atoms with E-state index in [1.165, 1.54) is 19.2 Å². The van der Waals surface area contributed by atoms with Crippen LogP contribution < -0.4 is 0 Å². The normalized spacial score (nSPS) is 17.1. The number of ether oxygens (including phenoxy) is 1. The van der Waals surface area contributed by atoms with Crippen LogP contribution in [0.25, 0.3) is 0 Å². The molecule has 1 aliphatic heterocycles. The highest BCUT2D eigenvalue weighted by atomic mass is 16.5. The Morgan fingerprint density at radius 2 is 1.86 bits per heavy atom. The Kier molecular flexibility index (Phi) is 5.76. The minimum Gasteiger partial charge on any atom is -0.465 e. The van der Waals surface area contributed by atoms with E-state index < -0.39 is 0 Å². The van der Waals surface area contributed by atoms with Crippen LogP contribution in [0.15, 0.2) is 24.3 Å². The number of esters is 1. The minimum absolute atomic E-state index is 0.265. The zero-order valence-corrected chi connectivity index (χ0v) is 13.3. The third-order valence-corrected chi connectivity index (χ3v) is 3.84. The lowest BCUT2D eigenvalue weighted by Gasteiger charge is -2.35. The van der Waals surface area contributed by atoms with Gasteiger partial charge in [0.15, 0.2) is 0 Å². The molecule has 0 aromatic heterocycles. The van der Waals surface area contributed by atoms with Crippen LogP contribution in [0.3, 0.4) is 0 Å². The first-order valence-electron chi connectivity index (χ1n) is 7.70. The van der Waals surface area contributed by atoms with Gasteiger partial charge in [-0.05, 0) is 23.6 Å². The zero-order valence-electron chi connectivity index (χ0n) is 13.3. The van der Waals surface area contributed by atoms with Gasteiger partial charge >= 0.3 is 5.97 Å². The van der Waals surface area contributed by atoms with Crippen LogP contribution >= 0.6 is 0 Å². The number of hydrogen-bond donors (Lipinski definition) is 0. The van der Waals surface area contributed by atoms with Crippen molar-refractivity contribution >= 4 is 5.97 Å². The lowest BCUT2D eigenvalue weighted by atomic mass is 10.1. The van der Waals surface area contributed by atoms with Gasteiger partial charge in [-0.2, -0.15) is 0 Å². The predicted octanol–water partition coefficient (Wildman–Crippen LogP) is 2.25. The molecule has 0 amide bonds. The van der Waals surface area contributed by atoms with Gasteiger partial charge in [-0.1, -0.05) is 26.0 Å². The van der Waals surface area contributed by atoms with Gasteiger partial charge in [-0.15, -0.1) is 0 Å². The van der Waals surface area contributed by atoms with Crippen molar-refractivity contribution in [1.29, 1.82) is 0 Å². The fourth-order valence-corrected chi connectivity index (χ4v) is 2.82. The van der Waals surface area contributed by atoms with Crippen molar-refractivity contribution in [2.75, 3.05) is 39.8 Å². The van der Waals surface area contributed by atoms with Crippen molar-refractivity contribution in [1.82, 2.24) is 9.80 Å². The van der Waals surface area contributed by atoms with Gasteiger partial charge in [-0.25, -0.2) is 4.79 Å². The van der Waals surface area contributed by atoms with Crippen LogP contribution in [0.4, 0.5) is 0 Å². The molecule has 4 heteroatoms. The van der Waals surface area contributed by atoms with Gasteiger partial charge in [0.2, 0.25) is 0 Å². The summed E-state index contributed by atoms with van der Waals surface area (Å²) >= 11 is 0. The number of benzene rings is 1. The van der Waals surface area contributed by atoms with Crippen molar-refractivity contribution in [3.8, 4) is 0 Å². The molecule has 0 spiro atoms. The summed E-state index contributed by atoms with van der Waals surface area (Å²) in [6.07, 6.45) is 0. The Morgan fingerprint density at radius 3 is 2.48 bits per heavy atom. The Hall–Kier alpha value is -1.39. The second kappa shape index (κ2) is 7.57. The van der Waals surface area contributed by atoms with Gasteiger partial charge in [0, 0.05) is 39.3 Å². The summed E-state index contributed by atoms with van der Waals surface area (Å²) in [5.41, 5.74) is 1.81. The van der Waals surface area contributed by atoms with E-state index in [0.29, 0.717) is 5.56 Å². The molecule has 0 aliphatic carbocycles. The molecule has 0 radical (unpaired) electrons. The topological polar surface area (TPSA) is 32.8 Å². The van der Waals surface area contributed by atoms with Gasteiger partial charge in [0.25, 0.3) is 0 Å². The van der Waals surface area contributed by atoms with Crippen molar-refractivity contribution in [3.63, 3.8) is 0 Å². The van der Waals surface area contributed by atoms with E-state index in [2.05, 4.69) is 29.7 Å². The first-order chi connectivity index (χ1) is 10.1. The molecule has 0 N–H and O–H groups in total. The number of carbonyl (C=O) groups is 1. The molecule has 0 saturated carbocycles. The zero-order chi connectivity index (χ0) is 15.2. The molecule has 0 unspecified atom stereocenters. The number of piperazine rings is 1. The molecular formula is C17H26N2O2. The van der Waals surface area contributed by atoms with Gasteiger partial charge in [0.1, 0.15) is 0 Å². The van der Waals surface area contributed by atoms with Crippen LogP contribution in [0.5, 0.6) is 0 Å². The second-order valence-corrected chi connectivity index (χ2v) is 6.16. The maximum Gasteiger partial charge on any atom is 0.337 e. The summed E-state index contributed by atoms with van der Waals surface area (Å²) in [6, 6.07) is 7.74. The third kappa shape index (κ3) is 4.83. The first kappa shape index (κ1) is 16.0. The molecule has 1 saturated heterocycles. The van der Waals surface area contributed by atoms with Crippen molar-refractivity contribution in [2.45, 2.75) is 20.4 Å². The standard InChI is InChI=1S/C17H26N2O2/c1-14(2)12-18-7-9-19(10-8-18)13-15-5-4-6-16(11-15)17(20)21-3/h4-6,11,14H,7-10,12-13H2,1-3H3. The average molecular weight is 290 g/mol. The third-order valence-electron chi connectivity index (χ3n) is 3.84. The van der Waals surface area contributed by atoms with E-state index in [4.69, 9.17) is 4.74 Å². The Balaban J connectivity index is 1.87. The van der Waals surface area contributed by atoms with Crippen molar-refractivity contribution in [3.05, 3.63) is 35.4 Å². The quantitative estimate of drug-likeness (QED) is 0.779. The van der Waals surface area contributed by atoms with E-state index in [9.17, 15) is 4.79 Å². The fraction of sp³-hybridized carbons (Fsp3) is 0.588. The van der Waals surface area contributed by atoms with Gasteiger partial charge in [0.05, 0.1) is 12.7 Å². The number of rotatable bonds is 5. The second-order valence-electron chi connectivity index (χ2n) is 6.16. The molecule has 2 rings (SSSR count). The van der Waals surface area contributed by atoms with Gasteiger partial charge < -0.3 is 9.64 Å². The molecule has 116 valence electrons. The lowest BCUT2D eigenvalue weighted by molar-refractivity contribution is 0.0600. The fourth-order valence-electron chi connectivity index (χ4n) is 2.82. The molecule has 1 aromatic rings.